The van der Waals surface area contributed by atoms with Crippen molar-refractivity contribution in [1.29, 1.82) is 0 Å². The van der Waals surface area contributed by atoms with E-state index < -0.39 is 0 Å². The molecule has 0 aliphatic rings. The molecule has 0 aliphatic heterocycles. The van der Waals surface area contributed by atoms with Gasteiger partial charge in [-0.15, -0.1) is 0 Å². The normalized spacial score (nSPS) is 9.92. The smallest absolute Gasteiger partial charge is 0.249 e. The number of H-pyrrole nitrogens is 1. The third-order valence-corrected chi connectivity index (χ3v) is 1.97. The fourth-order valence-corrected chi connectivity index (χ4v) is 1.09. The van der Waals surface area contributed by atoms with E-state index in [0.29, 0.717) is 11.3 Å². The second kappa shape index (κ2) is 3.11. The first-order valence-electron chi connectivity index (χ1n) is 3.42. The maximum absolute atomic E-state index is 11.3. The summed E-state index contributed by atoms with van der Waals surface area (Å²) in [6.45, 7) is 3.29. The van der Waals surface area contributed by atoms with Crippen LogP contribution in [0.3, 0.4) is 0 Å². The van der Waals surface area contributed by atoms with Crippen molar-refractivity contribution in [2.24, 2.45) is 0 Å². The van der Waals surface area contributed by atoms with Crippen LogP contribution in [-0.2, 0) is 0 Å². The van der Waals surface area contributed by atoms with Crippen LogP contribution in [0.4, 0.5) is 0 Å². The highest BCUT2D eigenvalue weighted by atomic mass is 35.5. The molecule has 0 unspecified atom stereocenters. The van der Waals surface area contributed by atoms with E-state index in [4.69, 9.17) is 11.6 Å². The van der Waals surface area contributed by atoms with Gasteiger partial charge in [0, 0.05) is 17.3 Å². The van der Waals surface area contributed by atoms with E-state index in [2.05, 4.69) is 4.98 Å². The number of hydrogen-bond acceptors (Lipinski definition) is 2. The standard InChI is InChI=1S/C8H8ClNO2/c1-4-5(2)10-7(11)3-6(9)8(4)12/h3H,1-2H3,(H,10,11). The highest BCUT2D eigenvalue weighted by molar-refractivity contribution is 6.30. The number of halogens is 1. The number of aromatic amines is 1. The van der Waals surface area contributed by atoms with Crippen molar-refractivity contribution in [2.45, 2.75) is 13.8 Å². The van der Waals surface area contributed by atoms with Crippen LogP contribution in [-0.4, -0.2) is 4.98 Å². The van der Waals surface area contributed by atoms with Crippen molar-refractivity contribution in [3.05, 3.63) is 42.9 Å². The zero-order chi connectivity index (χ0) is 9.30. The van der Waals surface area contributed by atoms with Gasteiger partial charge in [0.25, 0.3) is 0 Å². The second-order valence-electron chi connectivity index (χ2n) is 2.56. The summed E-state index contributed by atoms with van der Waals surface area (Å²) >= 11 is 5.54. The Balaban J connectivity index is 3.81. The summed E-state index contributed by atoms with van der Waals surface area (Å²) in [5.74, 6) is 0. The molecule has 1 aromatic rings. The van der Waals surface area contributed by atoms with E-state index in [9.17, 15) is 9.59 Å². The molecule has 0 spiro atoms. The van der Waals surface area contributed by atoms with E-state index in [1.54, 1.807) is 13.8 Å². The summed E-state index contributed by atoms with van der Waals surface area (Å²) in [5.41, 5.74) is 0.370. The molecule has 0 bridgehead atoms. The Bertz CT molecular complexity index is 422. The largest absolute Gasteiger partial charge is 0.326 e. The molecule has 0 aliphatic carbocycles. The summed E-state index contributed by atoms with van der Waals surface area (Å²) in [6, 6.07) is 1.09. The van der Waals surface area contributed by atoms with Gasteiger partial charge in [-0.25, -0.2) is 0 Å². The Hall–Kier alpha value is -1.09. The van der Waals surface area contributed by atoms with Crippen molar-refractivity contribution in [1.82, 2.24) is 4.98 Å². The molecular formula is C8H8ClNO2. The maximum Gasteiger partial charge on any atom is 0.249 e. The number of nitrogens with one attached hydrogen (secondary N) is 1. The Morgan fingerprint density at radius 3 is 2.50 bits per heavy atom. The maximum atomic E-state index is 11.3. The lowest BCUT2D eigenvalue weighted by Gasteiger charge is -1.88. The summed E-state index contributed by atoms with van der Waals surface area (Å²) in [4.78, 5) is 24.7. The molecule has 0 amide bonds. The lowest BCUT2D eigenvalue weighted by atomic mass is 10.2. The molecule has 0 atom stereocenters. The van der Waals surface area contributed by atoms with E-state index in [0.717, 1.165) is 6.07 Å². The molecule has 1 N–H and O–H groups in total. The van der Waals surface area contributed by atoms with Crippen LogP contribution in [0.5, 0.6) is 0 Å². The summed E-state index contributed by atoms with van der Waals surface area (Å²) in [7, 11) is 0. The van der Waals surface area contributed by atoms with E-state index in [1.807, 2.05) is 0 Å². The van der Waals surface area contributed by atoms with Crippen LogP contribution in [0.25, 0.3) is 0 Å². The van der Waals surface area contributed by atoms with E-state index in [1.165, 1.54) is 0 Å². The molecule has 12 heavy (non-hydrogen) atoms. The van der Waals surface area contributed by atoms with Crippen LogP contribution < -0.4 is 11.0 Å². The molecule has 0 radical (unpaired) electrons. The average Bonchev–Trinajstić information content (AvgIpc) is 2.05. The Labute approximate surface area is 74.0 Å². The van der Waals surface area contributed by atoms with E-state index >= 15 is 0 Å². The number of aryl methyl sites for hydroxylation is 1. The van der Waals surface area contributed by atoms with Crippen LogP contribution in [0.15, 0.2) is 15.7 Å². The second-order valence-corrected chi connectivity index (χ2v) is 2.97. The third-order valence-electron chi connectivity index (χ3n) is 1.69. The fraction of sp³-hybridized carbons (Fsp3) is 0.250. The summed E-state index contributed by atoms with van der Waals surface area (Å²) in [5, 5.41) is -0.0400. The van der Waals surface area contributed by atoms with Gasteiger partial charge < -0.3 is 4.98 Å². The van der Waals surface area contributed by atoms with Crippen molar-refractivity contribution < 1.29 is 0 Å². The lowest BCUT2D eigenvalue weighted by molar-refractivity contribution is 1.13. The Morgan fingerprint density at radius 1 is 1.33 bits per heavy atom. The number of hydrogen-bond donors (Lipinski definition) is 1. The summed E-state index contributed by atoms with van der Waals surface area (Å²) < 4.78 is 0. The molecule has 1 aromatic heterocycles. The molecule has 3 nitrogen and oxygen atoms in total. The van der Waals surface area contributed by atoms with Crippen molar-refractivity contribution in [3.63, 3.8) is 0 Å². The minimum absolute atomic E-state index is 0.0400. The van der Waals surface area contributed by atoms with Crippen LogP contribution >= 0.6 is 11.6 Å². The number of aromatic nitrogens is 1. The van der Waals surface area contributed by atoms with Gasteiger partial charge in [-0.05, 0) is 13.8 Å². The van der Waals surface area contributed by atoms with E-state index in [-0.39, 0.29) is 16.0 Å². The zero-order valence-electron chi connectivity index (χ0n) is 6.77. The SMILES string of the molecule is Cc1[nH]c(=O)cc(Cl)c(=O)c1C. The van der Waals surface area contributed by atoms with Crippen LogP contribution in [0.2, 0.25) is 5.02 Å². The van der Waals surface area contributed by atoms with Crippen LogP contribution in [0, 0.1) is 13.8 Å². The fourth-order valence-electron chi connectivity index (χ4n) is 0.845. The average molecular weight is 186 g/mol. The highest BCUT2D eigenvalue weighted by Crippen LogP contribution is 1.99. The Morgan fingerprint density at radius 2 is 1.92 bits per heavy atom. The molecule has 4 heteroatoms. The molecule has 0 saturated carbocycles. The predicted molar refractivity (Wildman–Crippen MR) is 47.8 cm³/mol. The van der Waals surface area contributed by atoms with Gasteiger partial charge in [0.1, 0.15) is 0 Å². The van der Waals surface area contributed by atoms with Crippen molar-refractivity contribution in [2.75, 3.05) is 0 Å². The van der Waals surface area contributed by atoms with Gasteiger partial charge in [0.15, 0.2) is 0 Å². The minimum atomic E-state index is -0.359. The topological polar surface area (TPSA) is 49.9 Å². The lowest BCUT2D eigenvalue weighted by Crippen LogP contribution is -2.03. The first kappa shape index (κ1) is 9.00. The monoisotopic (exact) mass is 185 g/mol. The quantitative estimate of drug-likeness (QED) is 0.656. The first-order valence-corrected chi connectivity index (χ1v) is 3.80. The van der Waals surface area contributed by atoms with Gasteiger partial charge >= 0.3 is 0 Å². The highest BCUT2D eigenvalue weighted by Gasteiger charge is 2.01. The first-order chi connectivity index (χ1) is 5.52. The molecule has 0 saturated heterocycles. The minimum Gasteiger partial charge on any atom is -0.326 e. The van der Waals surface area contributed by atoms with Gasteiger partial charge in [-0.2, -0.15) is 0 Å². The van der Waals surface area contributed by atoms with Crippen molar-refractivity contribution in [3.8, 4) is 0 Å². The molecule has 1 heterocycles. The molecule has 1 rings (SSSR count). The zero-order valence-corrected chi connectivity index (χ0v) is 7.53. The van der Waals surface area contributed by atoms with Gasteiger partial charge in [-0.3, -0.25) is 9.59 Å². The molecule has 0 aromatic carbocycles. The Kier molecular flexibility index (Phi) is 2.33. The molecular weight excluding hydrogens is 178 g/mol. The molecule has 0 fully saturated rings. The van der Waals surface area contributed by atoms with Crippen molar-refractivity contribution >= 4 is 11.6 Å². The van der Waals surface area contributed by atoms with Crippen LogP contribution in [0.1, 0.15) is 11.3 Å². The number of rotatable bonds is 0. The predicted octanol–water partition coefficient (Wildman–Crippen LogP) is 1.01. The third kappa shape index (κ3) is 1.56. The van der Waals surface area contributed by atoms with Gasteiger partial charge in [0.2, 0.25) is 11.0 Å². The van der Waals surface area contributed by atoms with Gasteiger partial charge in [-0.1, -0.05) is 11.6 Å². The summed E-state index contributed by atoms with van der Waals surface area (Å²) in [6.07, 6.45) is 0. The van der Waals surface area contributed by atoms with Gasteiger partial charge in [0.05, 0.1) is 5.02 Å². The molecule has 64 valence electrons.